The standard InChI is InChI=1S/C28H25N7O/c36-25(17-19-5-2-1-3-6-19)35-16-4-7-24(35)28-31-27(33-34-28)23-14-10-21(11-15-23)20-8-12-22(13-9-20)26-29-18-30-32-26/h1-3,5-6,8-15,18,24H,4,7,16-17H2,(H,29,30,32)(H,31,33,34). The number of aromatic nitrogens is 6. The number of aromatic amines is 2. The molecule has 1 unspecified atom stereocenters. The van der Waals surface area contributed by atoms with Crippen LogP contribution in [0.5, 0.6) is 0 Å². The van der Waals surface area contributed by atoms with Crippen LogP contribution in [0.2, 0.25) is 0 Å². The SMILES string of the molecule is O=C(Cc1ccccc1)N1CCCC1c1nc(-c2ccc(-c3ccc(-c4ncn[nH]4)cc3)cc2)n[nH]1. The summed E-state index contributed by atoms with van der Waals surface area (Å²) in [5.74, 6) is 2.26. The number of carbonyl (C=O) groups is 1. The first-order valence-corrected chi connectivity index (χ1v) is 12.1. The maximum Gasteiger partial charge on any atom is 0.227 e. The predicted molar refractivity (Wildman–Crippen MR) is 136 cm³/mol. The van der Waals surface area contributed by atoms with Gasteiger partial charge in [-0.2, -0.15) is 10.2 Å². The van der Waals surface area contributed by atoms with E-state index in [0.29, 0.717) is 12.2 Å². The van der Waals surface area contributed by atoms with E-state index < -0.39 is 0 Å². The summed E-state index contributed by atoms with van der Waals surface area (Å²) in [6, 6.07) is 26.2. The van der Waals surface area contributed by atoms with Gasteiger partial charge < -0.3 is 4.90 Å². The molecule has 3 heterocycles. The fraction of sp³-hybridized carbons (Fsp3) is 0.179. The van der Waals surface area contributed by atoms with Gasteiger partial charge in [0.1, 0.15) is 12.2 Å². The molecule has 1 saturated heterocycles. The van der Waals surface area contributed by atoms with Gasteiger partial charge in [-0.05, 0) is 29.5 Å². The molecular formula is C28H25N7O. The summed E-state index contributed by atoms with van der Waals surface area (Å²) in [5, 5.41) is 14.3. The number of amides is 1. The van der Waals surface area contributed by atoms with Gasteiger partial charge in [-0.3, -0.25) is 15.0 Å². The average Bonchev–Trinajstić information content (AvgIpc) is 3.71. The van der Waals surface area contributed by atoms with Gasteiger partial charge in [-0.25, -0.2) is 9.97 Å². The summed E-state index contributed by atoms with van der Waals surface area (Å²) >= 11 is 0. The minimum absolute atomic E-state index is 0.0652. The Balaban J connectivity index is 1.16. The molecule has 8 nitrogen and oxygen atoms in total. The van der Waals surface area contributed by atoms with Crippen molar-refractivity contribution < 1.29 is 4.79 Å². The molecule has 5 aromatic rings. The predicted octanol–water partition coefficient (Wildman–Crippen LogP) is 4.83. The second-order valence-corrected chi connectivity index (χ2v) is 8.94. The van der Waals surface area contributed by atoms with Crippen LogP contribution in [0.1, 0.15) is 30.3 Å². The minimum atomic E-state index is -0.0652. The summed E-state index contributed by atoms with van der Waals surface area (Å²) in [6.07, 6.45) is 3.76. The smallest absolute Gasteiger partial charge is 0.227 e. The van der Waals surface area contributed by atoms with Crippen molar-refractivity contribution >= 4 is 5.91 Å². The van der Waals surface area contributed by atoms with Gasteiger partial charge in [0.25, 0.3) is 0 Å². The third-order valence-corrected chi connectivity index (χ3v) is 6.64. The molecule has 1 aliphatic heterocycles. The van der Waals surface area contributed by atoms with E-state index in [0.717, 1.165) is 58.9 Å². The molecule has 1 aliphatic rings. The Bertz CT molecular complexity index is 1440. The molecule has 3 aromatic carbocycles. The molecule has 2 N–H and O–H groups in total. The average molecular weight is 476 g/mol. The van der Waals surface area contributed by atoms with Gasteiger partial charge >= 0.3 is 0 Å². The number of nitrogens with zero attached hydrogens (tertiary/aromatic N) is 5. The zero-order valence-corrected chi connectivity index (χ0v) is 19.6. The van der Waals surface area contributed by atoms with Gasteiger partial charge in [0.15, 0.2) is 11.6 Å². The molecule has 1 atom stereocenters. The van der Waals surface area contributed by atoms with Crippen molar-refractivity contribution in [1.29, 1.82) is 0 Å². The van der Waals surface area contributed by atoms with E-state index in [1.165, 1.54) is 6.33 Å². The Kier molecular flexibility index (Phi) is 5.83. The quantitative estimate of drug-likeness (QED) is 0.366. The largest absolute Gasteiger partial charge is 0.332 e. The lowest BCUT2D eigenvalue weighted by Crippen LogP contribution is -2.32. The Labute approximate surface area is 208 Å². The lowest BCUT2D eigenvalue weighted by molar-refractivity contribution is -0.131. The van der Waals surface area contributed by atoms with Crippen LogP contribution in [0.25, 0.3) is 33.9 Å². The van der Waals surface area contributed by atoms with E-state index in [9.17, 15) is 4.79 Å². The van der Waals surface area contributed by atoms with Crippen molar-refractivity contribution in [2.45, 2.75) is 25.3 Å². The molecule has 0 spiro atoms. The van der Waals surface area contributed by atoms with Crippen LogP contribution < -0.4 is 0 Å². The summed E-state index contributed by atoms with van der Waals surface area (Å²) in [4.78, 5) is 23.9. The zero-order chi connectivity index (χ0) is 24.3. The van der Waals surface area contributed by atoms with Crippen molar-refractivity contribution in [2.24, 2.45) is 0 Å². The van der Waals surface area contributed by atoms with Gasteiger partial charge in [0.05, 0.1) is 12.5 Å². The maximum atomic E-state index is 13.0. The highest BCUT2D eigenvalue weighted by atomic mass is 16.2. The number of likely N-dealkylation sites (tertiary alicyclic amines) is 1. The molecule has 1 fully saturated rings. The Hall–Kier alpha value is -4.59. The minimum Gasteiger partial charge on any atom is -0.332 e. The Morgan fingerprint density at radius 2 is 1.56 bits per heavy atom. The highest BCUT2D eigenvalue weighted by molar-refractivity contribution is 5.79. The number of rotatable bonds is 6. The van der Waals surface area contributed by atoms with Gasteiger partial charge in [-0.15, -0.1) is 0 Å². The number of hydrogen-bond donors (Lipinski definition) is 2. The first-order valence-electron chi connectivity index (χ1n) is 12.1. The van der Waals surface area contributed by atoms with E-state index in [2.05, 4.69) is 49.6 Å². The van der Waals surface area contributed by atoms with Crippen LogP contribution >= 0.6 is 0 Å². The summed E-state index contributed by atoms with van der Waals surface area (Å²) in [6.45, 7) is 0.746. The third-order valence-electron chi connectivity index (χ3n) is 6.64. The fourth-order valence-electron chi connectivity index (χ4n) is 4.75. The first-order chi connectivity index (χ1) is 17.7. The highest BCUT2D eigenvalue weighted by Crippen LogP contribution is 2.32. The van der Waals surface area contributed by atoms with E-state index in [-0.39, 0.29) is 11.9 Å². The van der Waals surface area contributed by atoms with Gasteiger partial charge in [-0.1, -0.05) is 78.9 Å². The van der Waals surface area contributed by atoms with E-state index in [1.807, 2.05) is 59.5 Å². The van der Waals surface area contributed by atoms with Crippen molar-refractivity contribution in [2.75, 3.05) is 6.54 Å². The Morgan fingerprint density at radius 3 is 2.25 bits per heavy atom. The van der Waals surface area contributed by atoms with E-state index >= 15 is 0 Å². The van der Waals surface area contributed by atoms with Crippen molar-refractivity contribution in [3.05, 3.63) is 96.6 Å². The molecule has 2 aromatic heterocycles. The summed E-state index contributed by atoms with van der Waals surface area (Å²) in [5.41, 5.74) is 5.16. The van der Waals surface area contributed by atoms with Crippen LogP contribution in [0.4, 0.5) is 0 Å². The molecule has 1 amide bonds. The van der Waals surface area contributed by atoms with E-state index in [1.54, 1.807) is 0 Å². The molecule has 0 aliphatic carbocycles. The highest BCUT2D eigenvalue weighted by Gasteiger charge is 2.32. The number of benzene rings is 3. The van der Waals surface area contributed by atoms with Gasteiger partial charge in [0, 0.05) is 17.7 Å². The lowest BCUT2D eigenvalue weighted by atomic mass is 10.0. The van der Waals surface area contributed by atoms with Crippen molar-refractivity contribution in [3.8, 4) is 33.9 Å². The molecule has 36 heavy (non-hydrogen) atoms. The molecule has 0 saturated carbocycles. The second-order valence-electron chi connectivity index (χ2n) is 8.94. The van der Waals surface area contributed by atoms with Gasteiger partial charge in [0.2, 0.25) is 5.91 Å². The maximum absolute atomic E-state index is 13.0. The van der Waals surface area contributed by atoms with Crippen LogP contribution in [-0.2, 0) is 11.2 Å². The lowest BCUT2D eigenvalue weighted by Gasteiger charge is -2.23. The number of H-pyrrole nitrogens is 2. The molecule has 0 radical (unpaired) electrons. The molecule has 6 rings (SSSR count). The summed E-state index contributed by atoms with van der Waals surface area (Å²) in [7, 11) is 0. The van der Waals surface area contributed by atoms with Crippen LogP contribution in [-0.4, -0.2) is 47.7 Å². The van der Waals surface area contributed by atoms with Crippen LogP contribution in [0.3, 0.4) is 0 Å². The third kappa shape index (κ3) is 4.40. The molecule has 178 valence electrons. The first kappa shape index (κ1) is 21.9. The van der Waals surface area contributed by atoms with Crippen molar-refractivity contribution in [1.82, 2.24) is 35.3 Å². The van der Waals surface area contributed by atoms with E-state index in [4.69, 9.17) is 4.98 Å². The summed E-state index contributed by atoms with van der Waals surface area (Å²) < 4.78 is 0. The monoisotopic (exact) mass is 475 g/mol. The molecule has 8 heteroatoms. The van der Waals surface area contributed by atoms with Crippen LogP contribution in [0, 0.1) is 0 Å². The molecular weight excluding hydrogens is 450 g/mol. The number of nitrogens with one attached hydrogen (secondary N) is 2. The topological polar surface area (TPSA) is 103 Å². The number of carbonyl (C=O) groups excluding carboxylic acids is 1. The second kappa shape index (κ2) is 9.58. The van der Waals surface area contributed by atoms with Crippen LogP contribution in [0.15, 0.2) is 85.2 Å². The normalized spacial score (nSPS) is 15.3. The Morgan fingerprint density at radius 1 is 0.861 bits per heavy atom. The van der Waals surface area contributed by atoms with Crippen molar-refractivity contribution in [3.63, 3.8) is 0 Å². The fourth-order valence-corrected chi connectivity index (χ4v) is 4.75. The zero-order valence-electron chi connectivity index (χ0n) is 19.6. The number of hydrogen-bond acceptors (Lipinski definition) is 5. The molecule has 0 bridgehead atoms.